The lowest BCUT2D eigenvalue weighted by atomic mass is 9.97. The number of nitrogens with zero attached hydrogens (tertiary/aromatic N) is 2. The van der Waals surface area contributed by atoms with Crippen molar-refractivity contribution < 1.29 is 13.2 Å². The smallest absolute Gasteiger partial charge is 0.243 e. The van der Waals surface area contributed by atoms with Gasteiger partial charge in [0.25, 0.3) is 0 Å². The summed E-state index contributed by atoms with van der Waals surface area (Å²) in [6.07, 6.45) is 5.07. The van der Waals surface area contributed by atoms with E-state index >= 15 is 0 Å². The first-order valence-corrected chi connectivity index (χ1v) is 15.2. The number of piperidine rings is 1. The van der Waals surface area contributed by atoms with E-state index in [0.717, 1.165) is 33.3 Å². The van der Waals surface area contributed by atoms with Gasteiger partial charge in [0.2, 0.25) is 15.9 Å². The SMILES string of the molecule is CSc1ccc(S(=O)(=O)N2CCC(C(=O)Nc3nc4c(cc5c6c(cccc64)CC5)s3)CC2)cc1. The van der Waals surface area contributed by atoms with E-state index in [1.165, 1.54) is 32.2 Å². The Morgan fingerprint density at radius 2 is 1.83 bits per heavy atom. The summed E-state index contributed by atoms with van der Waals surface area (Å²) < 4.78 is 28.6. The number of benzene rings is 3. The minimum absolute atomic E-state index is 0.0808. The average Bonchev–Trinajstić information content (AvgIpc) is 3.49. The van der Waals surface area contributed by atoms with Crippen LogP contribution in [0.1, 0.15) is 24.0 Å². The second-order valence-corrected chi connectivity index (χ2v) is 12.9. The Hall–Kier alpha value is -2.46. The third kappa shape index (κ3) is 4.04. The van der Waals surface area contributed by atoms with E-state index in [1.807, 2.05) is 18.4 Å². The van der Waals surface area contributed by atoms with Crippen molar-refractivity contribution in [2.24, 2.45) is 5.92 Å². The highest BCUT2D eigenvalue weighted by atomic mass is 32.2. The van der Waals surface area contributed by atoms with E-state index in [4.69, 9.17) is 4.98 Å². The molecule has 0 radical (unpaired) electrons. The molecule has 9 heteroatoms. The molecule has 1 aromatic heterocycles. The van der Waals surface area contributed by atoms with Gasteiger partial charge in [-0.1, -0.05) is 29.5 Å². The maximum absolute atomic E-state index is 13.0. The van der Waals surface area contributed by atoms with Crippen molar-refractivity contribution in [2.75, 3.05) is 24.7 Å². The van der Waals surface area contributed by atoms with Gasteiger partial charge in [-0.15, -0.1) is 11.8 Å². The van der Waals surface area contributed by atoms with E-state index < -0.39 is 10.0 Å². The van der Waals surface area contributed by atoms with Crippen molar-refractivity contribution in [3.8, 4) is 0 Å². The molecule has 1 fully saturated rings. The minimum Gasteiger partial charge on any atom is -0.302 e. The number of thioether (sulfide) groups is 1. The van der Waals surface area contributed by atoms with E-state index in [-0.39, 0.29) is 11.8 Å². The maximum Gasteiger partial charge on any atom is 0.243 e. The number of carbonyl (C=O) groups is 1. The molecular formula is C26H25N3O3S3. The summed E-state index contributed by atoms with van der Waals surface area (Å²) in [5.74, 6) is -0.312. The minimum atomic E-state index is -3.55. The normalized spacial score (nSPS) is 16.8. The number of carbonyl (C=O) groups excluding carboxylic acids is 1. The second-order valence-electron chi connectivity index (χ2n) is 9.08. The van der Waals surface area contributed by atoms with E-state index in [9.17, 15) is 13.2 Å². The number of hydrogen-bond donors (Lipinski definition) is 1. The molecule has 0 atom stereocenters. The number of aromatic nitrogens is 1. The van der Waals surface area contributed by atoms with Gasteiger partial charge in [-0.05, 0) is 78.8 Å². The Morgan fingerprint density at radius 3 is 2.57 bits per heavy atom. The Labute approximate surface area is 212 Å². The molecule has 1 aliphatic heterocycles. The quantitative estimate of drug-likeness (QED) is 0.359. The third-order valence-corrected chi connectivity index (χ3v) is 10.7. The number of thiazole rings is 1. The summed E-state index contributed by atoms with van der Waals surface area (Å²) in [5, 5.41) is 6.10. The molecule has 0 unspecified atom stereocenters. The van der Waals surface area contributed by atoms with Crippen LogP contribution in [0.4, 0.5) is 5.13 Å². The molecule has 4 aromatic rings. The second kappa shape index (κ2) is 8.89. The molecule has 0 spiro atoms. The summed E-state index contributed by atoms with van der Waals surface area (Å²) in [4.78, 5) is 19.1. The summed E-state index contributed by atoms with van der Waals surface area (Å²) in [7, 11) is -3.55. The van der Waals surface area contributed by atoms with E-state index in [2.05, 4.69) is 29.6 Å². The van der Waals surface area contributed by atoms with Gasteiger partial charge < -0.3 is 5.32 Å². The first kappa shape index (κ1) is 23.0. The molecule has 2 heterocycles. The van der Waals surface area contributed by atoms with Crippen molar-refractivity contribution in [3.63, 3.8) is 0 Å². The zero-order chi connectivity index (χ0) is 24.2. The van der Waals surface area contributed by atoms with Crippen LogP contribution >= 0.6 is 23.1 Å². The van der Waals surface area contributed by atoms with Crippen molar-refractivity contribution in [1.29, 1.82) is 0 Å². The van der Waals surface area contributed by atoms with Crippen LogP contribution in [0, 0.1) is 5.92 Å². The molecular weight excluding hydrogens is 499 g/mol. The van der Waals surface area contributed by atoms with Gasteiger partial charge >= 0.3 is 0 Å². The van der Waals surface area contributed by atoms with Crippen molar-refractivity contribution >= 4 is 65.1 Å². The molecule has 0 saturated carbocycles. The van der Waals surface area contributed by atoms with Gasteiger partial charge in [0.05, 0.1) is 15.1 Å². The van der Waals surface area contributed by atoms with Gasteiger partial charge in [0.15, 0.2) is 5.13 Å². The van der Waals surface area contributed by atoms with Crippen LogP contribution in [0.3, 0.4) is 0 Å². The summed E-state index contributed by atoms with van der Waals surface area (Å²) in [5.41, 5.74) is 3.68. The van der Waals surface area contributed by atoms with Gasteiger partial charge in [-0.2, -0.15) is 4.31 Å². The van der Waals surface area contributed by atoms with Crippen LogP contribution < -0.4 is 5.32 Å². The number of rotatable bonds is 5. The van der Waals surface area contributed by atoms with E-state index in [0.29, 0.717) is 36.0 Å². The van der Waals surface area contributed by atoms with Crippen LogP contribution in [0.25, 0.3) is 21.0 Å². The van der Waals surface area contributed by atoms with Crippen LogP contribution in [-0.2, 0) is 27.7 Å². The van der Waals surface area contributed by atoms with Crippen molar-refractivity contribution in [1.82, 2.24) is 9.29 Å². The Morgan fingerprint density at radius 1 is 1.09 bits per heavy atom. The van der Waals surface area contributed by atoms with Crippen LogP contribution in [0.2, 0.25) is 0 Å². The Balaban J connectivity index is 1.15. The van der Waals surface area contributed by atoms with Crippen molar-refractivity contribution in [3.05, 3.63) is 59.7 Å². The fourth-order valence-corrected chi connectivity index (χ4v) is 8.05. The number of amides is 1. The molecule has 6 nitrogen and oxygen atoms in total. The lowest BCUT2D eigenvalue weighted by Crippen LogP contribution is -2.41. The number of sulfonamides is 1. The molecule has 35 heavy (non-hydrogen) atoms. The standard InChI is InChI=1S/C26H25N3O3S3/c1-33-19-7-9-20(10-8-19)35(31,32)29-13-11-17(12-14-29)25(30)28-26-27-24-21-4-2-3-16-5-6-18(23(16)21)15-22(24)34-26/h2-4,7-10,15,17H,5-6,11-14H2,1H3,(H,27,28,30). The van der Waals surface area contributed by atoms with Gasteiger partial charge in [-0.25, -0.2) is 13.4 Å². The van der Waals surface area contributed by atoms with E-state index in [1.54, 1.807) is 23.9 Å². The van der Waals surface area contributed by atoms with Gasteiger partial charge in [0.1, 0.15) is 0 Å². The molecule has 3 aromatic carbocycles. The highest BCUT2D eigenvalue weighted by Crippen LogP contribution is 2.39. The fourth-order valence-electron chi connectivity index (χ4n) is 5.22. The fraction of sp³-hybridized carbons (Fsp3) is 0.308. The zero-order valence-corrected chi connectivity index (χ0v) is 21.7. The number of nitrogens with one attached hydrogen (secondary N) is 1. The Bertz CT molecular complexity index is 1550. The average molecular weight is 524 g/mol. The number of fused-ring (bicyclic) bond motifs is 2. The largest absolute Gasteiger partial charge is 0.302 e. The lowest BCUT2D eigenvalue weighted by Gasteiger charge is -2.30. The monoisotopic (exact) mass is 523 g/mol. The third-order valence-electron chi connectivity index (χ3n) is 7.10. The van der Waals surface area contributed by atoms with Crippen LogP contribution in [-0.4, -0.2) is 43.0 Å². The van der Waals surface area contributed by atoms with Crippen LogP contribution in [0.5, 0.6) is 0 Å². The number of hydrogen-bond acceptors (Lipinski definition) is 6. The number of anilines is 1. The molecule has 1 saturated heterocycles. The first-order valence-electron chi connectivity index (χ1n) is 11.7. The van der Waals surface area contributed by atoms with Gasteiger partial charge in [0, 0.05) is 29.3 Å². The predicted molar refractivity (Wildman–Crippen MR) is 143 cm³/mol. The first-order chi connectivity index (χ1) is 16.9. The van der Waals surface area contributed by atoms with Crippen molar-refractivity contribution in [2.45, 2.75) is 35.5 Å². The summed E-state index contributed by atoms with van der Waals surface area (Å²) in [6, 6.07) is 15.6. The summed E-state index contributed by atoms with van der Waals surface area (Å²) in [6.45, 7) is 0.669. The molecule has 1 aliphatic carbocycles. The molecule has 2 aliphatic rings. The summed E-state index contributed by atoms with van der Waals surface area (Å²) >= 11 is 3.09. The maximum atomic E-state index is 13.0. The molecule has 6 rings (SSSR count). The highest BCUT2D eigenvalue weighted by Gasteiger charge is 2.32. The zero-order valence-electron chi connectivity index (χ0n) is 19.3. The molecule has 1 N–H and O–H groups in total. The molecule has 180 valence electrons. The predicted octanol–water partition coefficient (Wildman–Crippen LogP) is 5.31. The Kier molecular flexibility index (Phi) is 5.83. The highest BCUT2D eigenvalue weighted by molar-refractivity contribution is 7.98. The lowest BCUT2D eigenvalue weighted by molar-refractivity contribution is -0.120. The van der Waals surface area contributed by atoms with Crippen LogP contribution in [0.15, 0.2) is 58.3 Å². The van der Waals surface area contributed by atoms with Gasteiger partial charge in [-0.3, -0.25) is 4.79 Å². The number of aryl methyl sites for hydroxylation is 2. The molecule has 1 amide bonds. The topological polar surface area (TPSA) is 79.4 Å². The molecule has 0 bridgehead atoms.